The summed E-state index contributed by atoms with van der Waals surface area (Å²) in [6.45, 7) is 1.48. The fourth-order valence-electron chi connectivity index (χ4n) is 3.03. The first-order chi connectivity index (χ1) is 14.3. The van der Waals surface area contributed by atoms with Gasteiger partial charge in [0.2, 0.25) is 0 Å². The first kappa shape index (κ1) is 20.0. The summed E-state index contributed by atoms with van der Waals surface area (Å²) >= 11 is 5.69. The number of pyridine rings is 2. The van der Waals surface area contributed by atoms with Crippen LogP contribution in [0.5, 0.6) is 17.4 Å². The van der Waals surface area contributed by atoms with Crippen LogP contribution in [-0.2, 0) is 6.54 Å². The van der Waals surface area contributed by atoms with Crippen molar-refractivity contribution in [3.63, 3.8) is 0 Å². The van der Waals surface area contributed by atoms with E-state index in [9.17, 15) is 18.0 Å². The Bertz CT molecular complexity index is 1150. The highest BCUT2D eigenvalue weighted by Gasteiger charge is 2.34. The Kier molecular flexibility index (Phi) is 5.21. The minimum atomic E-state index is -0.804. The zero-order valence-electron chi connectivity index (χ0n) is 15.4. The van der Waals surface area contributed by atoms with Gasteiger partial charge in [0, 0.05) is 29.6 Å². The minimum absolute atomic E-state index is 0.0460. The van der Waals surface area contributed by atoms with Crippen LogP contribution in [0.25, 0.3) is 0 Å². The Morgan fingerprint density at radius 1 is 1.17 bits per heavy atom. The number of aromatic nitrogens is 2. The van der Waals surface area contributed by atoms with Gasteiger partial charge in [0.1, 0.15) is 5.75 Å². The fraction of sp³-hybridized carbons (Fsp3) is 0.150. The number of amides is 1. The molecule has 1 aliphatic heterocycles. The summed E-state index contributed by atoms with van der Waals surface area (Å²) in [7, 11) is 0. The van der Waals surface area contributed by atoms with Crippen molar-refractivity contribution in [2.75, 3.05) is 0 Å². The number of carbonyl (C=O) groups excluding carboxylic acids is 1. The van der Waals surface area contributed by atoms with Crippen molar-refractivity contribution in [3.05, 3.63) is 76.5 Å². The number of hydrogen-bond donors (Lipinski definition) is 0. The lowest BCUT2D eigenvalue weighted by Gasteiger charge is -2.34. The lowest BCUT2D eigenvalue weighted by atomic mass is 10.0. The predicted octanol–water partition coefficient (Wildman–Crippen LogP) is 5.42. The number of benzene rings is 1. The van der Waals surface area contributed by atoms with E-state index in [0.717, 1.165) is 18.2 Å². The minimum Gasteiger partial charge on any atom is -0.433 e. The standard InChI is InChI=1S/C20H13ClF3N3O3/c1-10-12-7-14(23)16(29-19-13(22)3-2-5-26-19)8-15(12)30-20(28)27(10)9-11-4-6-25-18(21)17(11)24/h2-8,10H,9H2,1H3. The number of fused-ring (bicyclic) bond motifs is 1. The van der Waals surface area contributed by atoms with Crippen LogP contribution in [0, 0.1) is 17.5 Å². The summed E-state index contributed by atoms with van der Waals surface area (Å²) in [5.74, 6) is -3.06. The van der Waals surface area contributed by atoms with E-state index >= 15 is 0 Å². The summed E-state index contributed by atoms with van der Waals surface area (Å²) < 4.78 is 53.0. The topological polar surface area (TPSA) is 64.6 Å². The molecule has 10 heteroatoms. The number of hydrogen-bond acceptors (Lipinski definition) is 5. The summed E-state index contributed by atoms with van der Waals surface area (Å²) in [6.07, 6.45) is 1.83. The largest absolute Gasteiger partial charge is 0.433 e. The zero-order chi connectivity index (χ0) is 21.4. The molecule has 0 saturated carbocycles. The average molecular weight is 436 g/mol. The highest BCUT2D eigenvalue weighted by atomic mass is 35.5. The van der Waals surface area contributed by atoms with Crippen LogP contribution in [0.3, 0.4) is 0 Å². The van der Waals surface area contributed by atoms with Gasteiger partial charge in [-0.3, -0.25) is 4.90 Å². The smallest absolute Gasteiger partial charge is 0.416 e. The second-order valence-electron chi connectivity index (χ2n) is 6.46. The quantitative estimate of drug-likeness (QED) is 0.512. The van der Waals surface area contributed by atoms with Crippen molar-refractivity contribution in [3.8, 4) is 17.4 Å². The molecule has 1 aromatic carbocycles. The Balaban J connectivity index is 1.64. The van der Waals surface area contributed by atoms with Gasteiger partial charge in [-0.15, -0.1) is 0 Å². The van der Waals surface area contributed by atoms with Crippen molar-refractivity contribution in [2.45, 2.75) is 19.5 Å². The van der Waals surface area contributed by atoms with Gasteiger partial charge in [0.25, 0.3) is 5.88 Å². The van der Waals surface area contributed by atoms with Crippen LogP contribution in [0.15, 0.2) is 42.7 Å². The number of rotatable bonds is 4. The molecule has 1 atom stereocenters. The van der Waals surface area contributed by atoms with Gasteiger partial charge in [-0.25, -0.2) is 27.9 Å². The summed E-state index contributed by atoms with van der Waals surface area (Å²) in [4.78, 5) is 21.0. The molecule has 0 bridgehead atoms. The van der Waals surface area contributed by atoms with E-state index in [1.807, 2.05) is 0 Å². The molecule has 154 valence electrons. The first-order valence-corrected chi connectivity index (χ1v) is 9.12. The van der Waals surface area contributed by atoms with Gasteiger partial charge in [-0.05, 0) is 31.2 Å². The molecule has 0 saturated heterocycles. The monoisotopic (exact) mass is 435 g/mol. The fourth-order valence-corrected chi connectivity index (χ4v) is 3.21. The van der Waals surface area contributed by atoms with E-state index in [-0.39, 0.29) is 28.8 Å². The maximum Gasteiger partial charge on any atom is 0.416 e. The molecule has 1 aliphatic rings. The van der Waals surface area contributed by atoms with E-state index < -0.39 is 35.5 Å². The van der Waals surface area contributed by atoms with E-state index in [4.69, 9.17) is 21.1 Å². The Hall–Kier alpha value is -3.33. The van der Waals surface area contributed by atoms with E-state index in [1.165, 1.54) is 29.4 Å². The molecule has 0 fully saturated rings. The molecule has 1 unspecified atom stereocenters. The Morgan fingerprint density at radius 2 is 1.97 bits per heavy atom. The SMILES string of the molecule is CC1c2cc(F)c(Oc3ncccc3F)cc2OC(=O)N1Cc1ccnc(Cl)c1F. The van der Waals surface area contributed by atoms with Crippen LogP contribution in [0.4, 0.5) is 18.0 Å². The highest BCUT2D eigenvalue weighted by Crippen LogP contribution is 2.40. The van der Waals surface area contributed by atoms with Crippen molar-refractivity contribution >= 4 is 17.7 Å². The molecule has 0 N–H and O–H groups in total. The van der Waals surface area contributed by atoms with Crippen molar-refractivity contribution in [2.24, 2.45) is 0 Å². The maximum absolute atomic E-state index is 14.6. The lowest BCUT2D eigenvalue weighted by Crippen LogP contribution is -2.39. The molecule has 0 aliphatic carbocycles. The third kappa shape index (κ3) is 3.63. The van der Waals surface area contributed by atoms with Crippen LogP contribution in [0.1, 0.15) is 24.1 Å². The van der Waals surface area contributed by atoms with Crippen LogP contribution < -0.4 is 9.47 Å². The van der Waals surface area contributed by atoms with Gasteiger partial charge in [-0.2, -0.15) is 0 Å². The third-order valence-corrected chi connectivity index (χ3v) is 4.88. The van der Waals surface area contributed by atoms with Crippen LogP contribution >= 0.6 is 11.6 Å². The normalized spacial score (nSPS) is 15.6. The van der Waals surface area contributed by atoms with Gasteiger partial charge in [0.15, 0.2) is 28.4 Å². The molecule has 0 radical (unpaired) electrons. The highest BCUT2D eigenvalue weighted by molar-refractivity contribution is 6.29. The molecular weight excluding hydrogens is 423 g/mol. The summed E-state index contributed by atoms with van der Waals surface area (Å²) in [5, 5.41) is -0.319. The average Bonchev–Trinajstić information content (AvgIpc) is 2.71. The Labute approximate surface area is 173 Å². The van der Waals surface area contributed by atoms with Gasteiger partial charge < -0.3 is 9.47 Å². The van der Waals surface area contributed by atoms with Crippen LogP contribution in [0.2, 0.25) is 5.15 Å². The number of ether oxygens (including phenoxy) is 2. The third-order valence-electron chi connectivity index (χ3n) is 4.61. The molecule has 6 nitrogen and oxygen atoms in total. The zero-order valence-corrected chi connectivity index (χ0v) is 16.2. The van der Waals surface area contributed by atoms with Gasteiger partial charge >= 0.3 is 6.09 Å². The maximum atomic E-state index is 14.6. The molecule has 1 amide bonds. The second-order valence-corrected chi connectivity index (χ2v) is 6.82. The van der Waals surface area contributed by atoms with E-state index in [1.54, 1.807) is 6.92 Å². The molecule has 4 rings (SSSR count). The molecule has 3 heterocycles. The van der Waals surface area contributed by atoms with Crippen molar-refractivity contribution in [1.82, 2.24) is 14.9 Å². The summed E-state index contributed by atoms with van der Waals surface area (Å²) in [6, 6.07) is 5.48. The molecule has 0 spiro atoms. The molecular formula is C20H13ClF3N3O3. The van der Waals surface area contributed by atoms with E-state index in [0.29, 0.717) is 5.56 Å². The first-order valence-electron chi connectivity index (χ1n) is 8.74. The van der Waals surface area contributed by atoms with Crippen molar-refractivity contribution < 1.29 is 27.4 Å². The number of halogens is 4. The molecule has 3 aromatic rings. The van der Waals surface area contributed by atoms with E-state index in [2.05, 4.69) is 9.97 Å². The van der Waals surface area contributed by atoms with Crippen LogP contribution in [-0.4, -0.2) is 21.0 Å². The Morgan fingerprint density at radius 3 is 2.73 bits per heavy atom. The van der Waals surface area contributed by atoms with Gasteiger partial charge in [0.05, 0.1) is 12.6 Å². The predicted molar refractivity (Wildman–Crippen MR) is 99.9 cm³/mol. The number of nitrogens with zero attached hydrogens (tertiary/aromatic N) is 3. The second kappa shape index (κ2) is 7.83. The van der Waals surface area contributed by atoms with Crippen molar-refractivity contribution in [1.29, 1.82) is 0 Å². The number of carbonyl (C=O) groups is 1. The molecule has 30 heavy (non-hydrogen) atoms. The lowest BCUT2D eigenvalue weighted by molar-refractivity contribution is 0.116. The summed E-state index contributed by atoms with van der Waals surface area (Å²) in [5.41, 5.74) is 0.467. The van der Waals surface area contributed by atoms with Gasteiger partial charge in [-0.1, -0.05) is 11.6 Å². The molecule has 2 aromatic heterocycles.